The average Bonchev–Trinajstić information content (AvgIpc) is 3.18. The lowest BCUT2D eigenvalue weighted by Gasteiger charge is -2.58. The van der Waals surface area contributed by atoms with Crippen LogP contribution in [0.1, 0.15) is 137 Å². The third-order valence-corrected chi connectivity index (χ3v) is 13.0. The quantitative estimate of drug-likeness (QED) is 0.153. The molecule has 4 aliphatic rings. The van der Waals surface area contributed by atoms with Crippen LogP contribution in [0.25, 0.3) is 0 Å². The molecule has 0 bridgehead atoms. The lowest BCUT2D eigenvalue weighted by Crippen LogP contribution is -2.50. The fraction of sp³-hybridized carbons (Fsp3) is 0.906. The monoisotopic (exact) mass is 520 g/mol. The van der Waals surface area contributed by atoms with Crippen LogP contribution in [0.15, 0.2) is 11.6 Å². The number of hydrogen-bond donors (Lipinski definition) is 0. The molecule has 0 aromatic rings. The van der Waals surface area contributed by atoms with Crippen molar-refractivity contribution in [1.82, 2.24) is 0 Å². The fourth-order valence-electron chi connectivity index (χ4n) is 9.09. The number of rotatable bonds is 11. The SMILES string of the molecule is CCCCCCCC[C@H]1CC[C@H]2[C@@H]3CC=C4C[C@@H](SC(=O)[C@@H](Cl)CCC)CC[C@]4(C)[C@H]3CC[C@]12C. The van der Waals surface area contributed by atoms with Gasteiger partial charge >= 0.3 is 0 Å². The molecule has 0 radical (unpaired) electrons. The molecule has 3 fully saturated rings. The van der Waals surface area contributed by atoms with E-state index in [1.807, 2.05) is 0 Å². The number of fused-ring (bicyclic) bond motifs is 5. The molecule has 1 nitrogen and oxygen atoms in total. The first-order valence-electron chi connectivity index (χ1n) is 15.4. The third kappa shape index (κ3) is 5.89. The Balaban J connectivity index is 1.36. The van der Waals surface area contributed by atoms with Crippen LogP contribution >= 0.6 is 23.4 Å². The maximum absolute atomic E-state index is 12.6. The minimum atomic E-state index is -0.300. The molecule has 0 aromatic carbocycles. The summed E-state index contributed by atoms with van der Waals surface area (Å²) in [6.07, 6.45) is 25.3. The number of carbonyl (C=O) groups excluding carboxylic acids is 1. The van der Waals surface area contributed by atoms with Crippen molar-refractivity contribution in [3.05, 3.63) is 11.6 Å². The average molecular weight is 521 g/mol. The van der Waals surface area contributed by atoms with Gasteiger partial charge in [0.05, 0.1) is 0 Å². The zero-order valence-corrected chi connectivity index (χ0v) is 24.8. The van der Waals surface area contributed by atoms with Crippen LogP contribution in [0, 0.1) is 34.5 Å². The summed E-state index contributed by atoms with van der Waals surface area (Å²) in [7, 11) is 0. The molecular formula is C32H53ClOS. The summed E-state index contributed by atoms with van der Waals surface area (Å²) >= 11 is 7.93. The fourth-order valence-corrected chi connectivity index (χ4v) is 10.6. The van der Waals surface area contributed by atoms with Gasteiger partial charge in [-0.3, -0.25) is 4.79 Å². The van der Waals surface area contributed by atoms with Gasteiger partial charge in [-0.15, -0.1) is 11.6 Å². The van der Waals surface area contributed by atoms with Gasteiger partial charge in [0.25, 0.3) is 0 Å². The van der Waals surface area contributed by atoms with Gasteiger partial charge in [-0.25, -0.2) is 0 Å². The molecule has 0 aliphatic heterocycles. The van der Waals surface area contributed by atoms with Gasteiger partial charge in [-0.05, 0) is 98.7 Å². The Labute approximate surface area is 226 Å². The van der Waals surface area contributed by atoms with Gasteiger partial charge in [0, 0.05) is 5.25 Å². The summed E-state index contributed by atoms with van der Waals surface area (Å²) in [5.74, 6) is 3.69. The lowest BCUT2D eigenvalue weighted by molar-refractivity contribution is -0.110. The Hall–Kier alpha value is 0.0500. The first-order chi connectivity index (χ1) is 16.8. The third-order valence-electron chi connectivity index (χ3n) is 11.2. The number of unbranched alkanes of at least 4 members (excludes halogenated alkanes) is 5. The lowest BCUT2D eigenvalue weighted by atomic mass is 9.47. The summed E-state index contributed by atoms with van der Waals surface area (Å²) in [6, 6.07) is 0. The van der Waals surface area contributed by atoms with Gasteiger partial charge in [0.15, 0.2) is 0 Å². The van der Waals surface area contributed by atoms with E-state index in [0.29, 0.717) is 16.1 Å². The summed E-state index contributed by atoms with van der Waals surface area (Å²) in [5, 5.41) is 0.358. The largest absolute Gasteiger partial charge is 0.286 e. The number of allylic oxidation sites excluding steroid dienone is 2. The molecule has 4 aliphatic carbocycles. The standard InChI is InChI=1S/C32H53ClOS/c1-5-7-8-9-10-11-13-23-15-17-27-26-16-14-24-22-25(35-30(34)29(33)12-6-2)18-20-32(24,4)28(26)19-21-31(23,27)3/h14,23,25-29H,5-13,15-22H2,1-4H3/t23-,25-,26-,27-,28-,29-,31+,32-/m0/s1. The predicted octanol–water partition coefficient (Wildman–Crippen LogP) is 10.4. The summed E-state index contributed by atoms with van der Waals surface area (Å²) in [5.41, 5.74) is 2.67. The van der Waals surface area contributed by atoms with E-state index in [9.17, 15) is 4.79 Å². The van der Waals surface area contributed by atoms with Crippen molar-refractivity contribution in [1.29, 1.82) is 0 Å². The van der Waals surface area contributed by atoms with Crippen molar-refractivity contribution in [2.45, 2.75) is 147 Å². The zero-order chi connectivity index (χ0) is 25.1. The van der Waals surface area contributed by atoms with E-state index in [1.54, 1.807) is 17.3 Å². The molecule has 8 atom stereocenters. The summed E-state index contributed by atoms with van der Waals surface area (Å²) < 4.78 is 0. The van der Waals surface area contributed by atoms with Crippen LogP contribution < -0.4 is 0 Å². The van der Waals surface area contributed by atoms with Crippen LogP contribution in [0.2, 0.25) is 0 Å². The Morgan fingerprint density at radius 1 is 1.00 bits per heavy atom. The molecule has 0 unspecified atom stereocenters. The second kappa shape index (κ2) is 12.3. The van der Waals surface area contributed by atoms with Crippen molar-refractivity contribution < 1.29 is 4.79 Å². The first-order valence-corrected chi connectivity index (χ1v) is 16.7. The van der Waals surface area contributed by atoms with Crippen molar-refractivity contribution in [2.24, 2.45) is 34.5 Å². The second-order valence-corrected chi connectivity index (χ2v) is 15.0. The molecule has 0 heterocycles. The van der Waals surface area contributed by atoms with E-state index >= 15 is 0 Å². The number of halogens is 1. The first kappa shape index (κ1) is 28.1. The minimum absolute atomic E-state index is 0.215. The molecule has 35 heavy (non-hydrogen) atoms. The molecule has 3 saturated carbocycles. The van der Waals surface area contributed by atoms with Gasteiger partial charge < -0.3 is 0 Å². The van der Waals surface area contributed by atoms with Gasteiger partial charge in [0.2, 0.25) is 5.12 Å². The van der Waals surface area contributed by atoms with Gasteiger partial charge in [0.1, 0.15) is 5.38 Å². The molecular weight excluding hydrogens is 468 g/mol. The maximum atomic E-state index is 12.6. The van der Waals surface area contributed by atoms with E-state index < -0.39 is 0 Å². The van der Waals surface area contributed by atoms with E-state index in [2.05, 4.69) is 33.8 Å². The molecule has 0 N–H and O–H groups in total. The van der Waals surface area contributed by atoms with Crippen LogP contribution in [0.3, 0.4) is 0 Å². The normalized spacial score (nSPS) is 39.3. The van der Waals surface area contributed by atoms with Crippen molar-refractivity contribution >= 4 is 28.5 Å². The Bertz CT molecular complexity index is 748. The Morgan fingerprint density at radius 3 is 2.54 bits per heavy atom. The molecule has 4 rings (SSSR count). The number of hydrogen-bond acceptors (Lipinski definition) is 2. The van der Waals surface area contributed by atoms with Gasteiger partial charge in [-0.2, -0.15) is 0 Å². The smallest absolute Gasteiger partial charge is 0.207 e. The Kier molecular flexibility index (Phi) is 9.84. The number of carbonyl (C=O) groups is 1. The van der Waals surface area contributed by atoms with Crippen LogP contribution in [0.4, 0.5) is 0 Å². The number of alkyl halides is 1. The van der Waals surface area contributed by atoms with Crippen molar-refractivity contribution in [3.63, 3.8) is 0 Å². The highest BCUT2D eigenvalue weighted by Crippen LogP contribution is 2.67. The zero-order valence-electron chi connectivity index (χ0n) is 23.3. The highest BCUT2D eigenvalue weighted by atomic mass is 35.5. The maximum Gasteiger partial charge on any atom is 0.207 e. The van der Waals surface area contributed by atoms with Crippen molar-refractivity contribution in [3.8, 4) is 0 Å². The van der Waals surface area contributed by atoms with E-state index in [0.717, 1.165) is 42.9 Å². The van der Waals surface area contributed by atoms with E-state index in [1.165, 1.54) is 89.9 Å². The van der Waals surface area contributed by atoms with Gasteiger partial charge in [-0.1, -0.05) is 96.1 Å². The molecule has 0 spiro atoms. The van der Waals surface area contributed by atoms with Crippen molar-refractivity contribution in [2.75, 3.05) is 0 Å². The molecule has 0 aromatic heterocycles. The Morgan fingerprint density at radius 2 is 1.77 bits per heavy atom. The minimum Gasteiger partial charge on any atom is -0.286 e. The van der Waals surface area contributed by atoms with E-state index in [4.69, 9.17) is 11.6 Å². The summed E-state index contributed by atoms with van der Waals surface area (Å²) in [4.78, 5) is 12.6. The predicted molar refractivity (Wildman–Crippen MR) is 154 cm³/mol. The van der Waals surface area contributed by atoms with Crippen LogP contribution in [-0.2, 0) is 4.79 Å². The molecule has 200 valence electrons. The topological polar surface area (TPSA) is 17.1 Å². The summed E-state index contributed by atoms with van der Waals surface area (Å²) in [6.45, 7) is 9.72. The van der Waals surface area contributed by atoms with Crippen LogP contribution in [-0.4, -0.2) is 15.7 Å². The highest BCUT2D eigenvalue weighted by Gasteiger charge is 2.58. The highest BCUT2D eigenvalue weighted by molar-refractivity contribution is 8.14. The van der Waals surface area contributed by atoms with E-state index in [-0.39, 0.29) is 10.5 Å². The molecule has 3 heteroatoms. The van der Waals surface area contributed by atoms with Crippen LogP contribution in [0.5, 0.6) is 0 Å². The molecule has 0 saturated heterocycles. The number of thioether (sulfide) groups is 1. The second-order valence-electron chi connectivity index (χ2n) is 13.2. The molecule has 0 amide bonds.